The molecule has 0 aliphatic rings. The lowest BCUT2D eigenvalue weighted by atomic mass is 10.1. The van der Waals surface area contributed by atoms with Crippen LogP contribution in [0.2, 0.25) is 0 Å². The van der Waals surface area contributed by atoms with Crippen molar-refractivity contribution in [2.24, 2.45) is 12.0 Å². The predicted octanol–water partition coefficient (Wildman–Crippen LogP) is 2.11. The van der Waals surface area contributed by atoms with Gasteiger partial charge in [-0.1, -0.05) is 18.2 Å². The van der Waals surface area contributed by atoms with Crippen molar-refractivity contribution in [3.8, 4) is 0 Å². The van der Waals surface area contributed by atoms with Crippen LogP contribution in [0.3, 0.4) is 0 Å². The Morgan fingerprint density at radius 2 is 1.93 bits per heavy atom. The molecule has 2 N–H and O–H groups in total. The SMILES string of the molecule is COC(C)(C)CNC(=NCc1nnc(C)n1C)NCCCN(C)c1ccccc1. The number of aryl methyl sites for hydroxylation is 1. The summed E-state index contributed by atoms with van der Waals surface area (Å²) in [6.45, 7) is 8.89. The van der Waals surface area contributed by atoms with Gasteiger partial charge in [0.2, 0.25) is 0 Å². The van der Waals surface area contributed by atoms with Crippen LogP contribution in [0, 0.1) is 6.92 Å². The quantitative estimate of drug-likeness (QED) is 0.361. The van der Waals surface area contributed by atoms with E-state index in [4.69, 9.17) is 4.74 Å². The molecular formula is C21H35N7O. The lowest BCUT2D eigenvalue weighted by Crippen LogP contribution is -2.45. The summed E-state index contributed by atoms with van der Waals surface area (Å²) in [5, 5.41) is 15.1. The second-order valence-corrected chi connectivity index (χ2v) is 7.74. The van der Waals surface area contributed by atoms with Crippen molar-refractivity contribution >= 4 is 11.6 Å². The van der Waals surface area contributed by atoms with Crippen LogP contribution < -0.4 is 15.5 Å². The van der Waals surface area contributed by atoms with Gasteiger partial charge in [-0.3, -0.25) is 0 Å². The molecule has 0 saturated heterocycles. The first-order chi connectivity index (χ1) is 13.8. The van der Waals surface area contributed by atoms with Gasteiger partial charge in [-0.15, -0.1) is 10.2 Å². The topological polar surface area (TPSA) is 79.6 Å². The molecule has 2 aromatic rings. The number of nitrogens with zero attached hydrogens (tertiary/aromatic N) is 5. The Morgan fingerprint density at radius 1 is 1.21 bits per heavy atom. The molecule has 8 nitrogen and oxygen atoms in total. The van der Waals surface area contributed by atoms with E-state index >= 15 is 0 Å². The highest BCUT2D eigenvalue weighted by atomic mass is 16.5. The summed E-state index contributed by atoms with van der Waals surface area (Å²) < 4.78 is 7.45. The van der Waals surface area contributed by atoms with Gasteiger partial charge in [0.1, 0.15) is 12.4 Å². The van der Waals surface area contributed by atoms with Crippen molar-refractivity contribution in [3.05, 3.63) is 42.0 Å². The fourth-order valence-corrected chi connectivity index (χ4v) is 2.62. The minimum Gasteiger partial charge on any atom is -0.377 e. The average Bonchev–Trinajstić information content (AvgIpc) is 3.05. The number of nitrogens with one attached hydrogen (secondary N) is 2. The standard InChI is InChI=1S/C21H35N7O/c1-17-25-26-19(28(17)5)15-23-20(24-16-21(2,3)29-6)22-13-10-14-27(4)18-11-8-7-9-12-18/h7-9,11-12H,10,13-16H2,1-6H3,(H2,22,23,24). The predicted molar refractivity (Wildman–Crippen MR) is 118 cm³/mol. The summed E-state index contributed by atoms with van der Waals surface area (Å²) >= 11 is 0. The van der Waals surface area contributed by atoms with Crippen LogP contribution in [-0.2, 0) is 18.3 Å². The van der Waals surface area contributed by atoms with Gasteiger partial charge in [-0.05, 0) is 39.3 Å². The normalized spacial score (nSPS) is 12.1. The van der Waals surface area contributed by atoms with Crippen LogP contribution >= 0.6 is 0 Å². The molecule has 0 radical (unpaired) electrons. The summed E-state index contributed by atoms with van der Waals surface area (Å²) in [7, 11) is 5.78. The number of aliphatic imine (C=N–C) groups is 1. The summed E-state index contributed by atoms with van der Waals surface area (Å²) in [6.07, 6.45) is 0.989. The molecule has 160 valence electrons. The molecule has 0 amide bonds. The van der Waals surface area contributed by atoms with Crippen molar-refractivity contribution in [1.29, 1.82) is 0 Å². The Hall–Kier alpha value is -2.61. The van der Waals surface area contributed by atoms with Gasteiger partial charge in [-0.25, -0.2) is 4.99 Å². The van der Waals surface area contributed by atoms with E-state index in [0.717, 1.165) is 37.1 Å². The Morgan fingerprint density at radius 3 is 2.55 bits per heavy atom. The highest BCUT2D eigenvalue weighted by molar-refractivity contribution is 5.79. The zero-order valence-corrected chi connectivity index (χ0v) is 18.6. The van der Waals surface area contributed by atoms with E-state index in [-0.39, 0.29) is 5.60 Å². The summed E-state index contributed by atoms with van der Waals surface area (Å²) in [5.41, 5.74) is 0.941. The van der Waals surface area contributed by atoms with Gasteiger partial charge >= 0.3 is 0 Å². The molecule has 0 aliphatic carbocycles. The fraction of sp³-hybridized carbons (Fsp3) is 0.571. The molecule has 0 unspecified atom stereocenters. The number of para-hydroxylation sites is 1. The van der Waals surface area contributed by atoms with Gasteiger partial charge in [0.15, 0.2) is 11.8 Å². The molecule has 1 aromatic carbocycles. The van der Waals surface area contributed by atoms with E-state index in [1.54, 1.807) is 7.11 Å². The van der Waals surface area contributed by atoms with E-state index in [2.05, 4.69) is 62.0 Å². The second kappa shape index (κ2) is 10.8. The van der Waals surface area contributed by atoms with Gasteiger partial charge in [0.05, 0.1) is 5.60 Å². The molecule has 0 fully saturated rings. The molecule has 0 bridgehead atoms. The number of guanidine groups is 1. The molecule has 1 heterocycles. The van der Waals surface area contributed by atoms with Crippen molar-refractivity contribution in [1.82, 2.24) is 25.4 Å². The smallest absolute Gasteiger partial charge is 0.191 e. The summed E-state index contributed by atoms with van der Waals surface area (Å²) in [6, 6.07) is 10.4. The van der Waals surface area contributed by atoms with Crippen molar-refractivity contribution < 1.29 is 4.74 Å². The number of rotatable bonds is 10. The number of methoxy groups -OCH3 is 1. The third-order valence-corrected chi connectivity index (χ3v) is 4.96. The minimum absolute atomic E-state index is 0.280. The van der Waals surface area contributed by atoms with Gasteiger partial charge < -0.3 is 24.8 Å². The Balaban J connectivity index is 1.90. The average molecular weight is 402 g/mol. The lowest BCUT2D eigenvalue weighted by Gasteiger charge is -2.25. The summed E-state index contributed by atoms with van der Waals surface area (Å²) in [5.74, 6) is 2.46. The maximum absolute atomic E-state index is 5.50. The maximum atomic E-state index is 5.50. The largest absolute Gasteiger partial charge is 0.377 e. The van der Waals surface area contributed by atoms with Gasteiger partial charge in [0.25, 0.3) is 0 Å². The van der Waals surface area contributed by atoms with E-state index in [0.29, 0.717) is 13.1 Å². The molecule has 8 heteroatoms. The molecule has 0 saturated carbocycles. The number of anilines is 1. The number of hydrogen-bond donors (Lipinski definition) is 2. The Kier molecular flexibility index (Phi) is 8.45. The van der Waals surface area contributed by atoms with Crippen molar-refractivity contribution in [2.45, 2.75) is 39.3 Å². The molecule has 0 spiro atoms. The van der Waals surface area contributed by atoms with Crippen LogP contribution in [0.1, 0.15) is 31.9 Å². The number of hydrogen-bond acceptors (Lipinski definition) is 5. The van der Waals surface area contributed by atoms with Crippen LogP contribution in [0.15, 0.2) is 35.3 Å². The first-order valence-corrected chi connectivity index (χ1v) is 10.0. The molecule has 0 aliphatic heterocycles. The molecule has 2 rings (SSSR count). The van der Waals surface area contributed by atoms with E-state index in [9.17, 15) is 0 Å². The van der Waals surface area contributed by atoms with Crippen molar-refractivity contribution in [3.63, 3.8) is 0 Å². The number of benzene rings is 1. The van der Waals surface area contributed by atoms with E-state index in [1.807, 2.05) is 38.5 Å². The number of ether oxygens (including phenoxy) is 1. The zero-order chi connectivity index (χ0) is 21.3. The lowest BCUT2D eigenvalue weighted by molar-refractivity contribution is 0.0268. The molecular weight excluding hydrogens is 366 g/mol. The Labute approximate surface area is 174 Å². The van der Waals surface area contributed by atoms with Gasteiger partial charge in [0, 0.05) is 46.5 Å². The monoisotopic (exact) mass is 401 g/mol. The number of aromatic nitrogens is 3. The van der Waals surface area contributed by atoms with E-state index < -0.39 is 0 Å². The Bertz CT molecular complexity index is 771. The fourth-order valence-electron chi connectivity index (χ4n) is 2.62. The van der Waals surface area contributed by atoms with Crippen LogP contribution in [0.5, 0.6) is 0 Å². The van der Waals surface area contributed by atoms with Crippen LogP contribution in [-0.4, -0.2) is 60.1 Å². The van der Waals surface area contributed by atoms with Gasteiger partial charge in [-0.2, -0.15) is 0 Å². The zero-order valence-electron chi connectivity index (χ0n) is 18.6. The second-order valence-electron chi connectivity index (χ2n) is 7.74. The minimum atomic E-state index is -0.280. The third kappa shape index (κ3) is 7.38. The van der Waals surface area contributed by atoms with Crippen LogP contribution in [0.4, 0.5) is 5.69 Å². The van der Waals surface area contributed by atoms with E-state index in [1.165, 1.54) is 5.69 Å². The molecule has 0 atom stereocenters. The highest BCUT2D eigenvalue weighted by Crippen LogP contribution is 2.10. The molecule has 1 aromatic heterocycles. The molecule has 29 heavy (non-hydrogen) atoms. The first kappa shape index (κ1) is 22.7. The van der Waals surface area contributed by atoms with Crippen LogP contribution in [0.25, 0.3) is 0 Å². The summed E-state index contributed by atoms with van der Waals surface area (Å²) in [4.78, 5) is 6.93. The highest BCUT2D eigenvalue weighted by Gasteiger charge is 2.16. The first-order valence-electron chi connectivity index (χ1n) is 10.0. The third-order valence-electron chi connectivity index (χ3n) is 4.96. The van der Waals surface area contributed by atoms with Crippen molar-refractivity contribution in [2.75, 3.05) is 38.7 Å². The maximum Gasteiger partial charge on any atom is 0.191 e.